The van der Waals surface area contributed by atoms with Crippen molar-refractivity contribution in [3.63, 3.8) is 0 Å². The molecule has 0 saturated carbocycles. The van der Waals surface area contributed by atoms with Gasteiger partial charge in [-0.05, 0) is 23.3 Å². The van der Waals surface area contributed by atoms with E-state index in [1.165, 1.54) is 0 Å². The Labute approximate surface area is 127 Å². The van der Waals surface area contributed by atoms with E-state index in [1.54, 1.807) is 24.5 Å². The van der Waals surface area contributed by atoms with Crippen LogP contribution in [0, 0.1) is 0 Å². The van der Waals surface area contributed by atoms with Crippen LogP contribution in [0.5, 0.6) is 0 Å². The zero-order valence-corrected chi connectivity index (χ0v) is 12.2. The standard InChI is InChI=1S/C14H14Cl2N4/c1-10(17-6-11-2-4-13(15)19-8-11)18-7-12-3-5-14(16)20-9-12/h2-5,8-9,17-18H,1,6-7H2. The first-order valence-corrected chi connectivity index (χ1v) is 6.76. The number of nitrogens with zero attached hydrogens (tertiary/aromatic N) is 2. The minimum absolute atomic E-state index is 0.487. The number of hydrogen-bond donors (Lipinski definition) is 2. The van der Waals surface area contributed by atoms with Crippen molar-refractivity contribution in [2.75, 3.05) is 0 Å². The summed E-state index contributed by atoms with van der Waals surface area (Å²) in [4.78, 5) is 8.03. The first-order chi connectivity index (χ1) is 9.63. The van der Waals surface area contributed by atoms with Gasteiger partial charge in [0.2, 0.25) is 0 Å². The summed E-state index contributed by atoms with van der Waals surface area (Å²) in [6.07, 6.45) is 3.46. The molecule has 0 amide bonds. The number of halogens is 2. The fourth-order valence-electron chi connectivity index (χ4n) is 1.50. The van der Waals surface area contributed by atoms with Crippen LogP contribution >= 0.6 is 23.2 Å². The van der Waals surface area contributed by atoms with Crippen molar-refractivity contribution in [3.05, 3.63) is 70.5 Å². The van der Waals surface area contributed by atoms with E-state index in [0.29, 0.717) is 23.4 Å². The third-order valence-electron chi connectivity index (χ3n) is 2.59. The maximum absolute atomic E-state index is 5.73. The monoisotopic (exact) mass is 308 g/mol. The largest absolute Gasteiger partial charge is 0.368 e. The van der Waals surface area contributed by atoms with Crippen molar-refractivity contribution in [3.8, 4) is 0 Å². The molecule has 0 aromatic carbocycles. The molecule has 0 fully saturated rings. The average molecular weight is 309 g/mol. The van der Waals surface area contributed by atoms with Crippen LogP contribution in [0.2, 0.25) is 10.3 Å². The summed E-state index contributed by atoms with van der Waals surface area (Å²) in [6, 6.07) is 7.35. The van der Waals surface area contributed by atoms with Crippen LogP contribution in [0.1, 0.15) is 11.1 Å². The summed E-state index contributed by atoms with van der Waals surface area (Å²) in [6.45, 7) is 5.17. The molecule has 2 aromatic heterocycles. The van der Waals surface area contributed by atoms with Crippen molar-refractivity contribution in [2.45, 2.75) is 13.1 Å². The predicted molar refractivity (Wildman–Crippen MR) is 81.3 cm³/mol. The second-order valence-corrected chi connectivity index (χ2v) is 4.94. The highest BCUT2D eigenvalue weighted by Gasteiger charge is 1.98. The average Bonchev–Trinajstić information content (AvgIpc) is 2.46. The molecule has 4 nitrogen and oxygen atoms in total. The summed E-state index contributed by atoms with van der Waals surface area (Å²) < 4.78 is 0. The molecule has 0 aliphatic rings. The molecule has 104 valence electrons. The van der Waals surface area contributed by atoms with Crippen molar-refractivity contribution in [1.82, 2.24) is 20.6 Å². The Hall–Kier alpha value is -1.78. The molecule has 0 bridgehead atoms. The SMILES string of the molecule is C=C(NCc1ccc(Cl)nc1)NCc1ccc(Cl)nc1. The molecule has 2 aromatic rings. The van der Waals surface area contributed by atoms with Gasteiger partial charge in [0, 0.05) is 25.5 Å². The van der Waals surface area contributed by atoms with Crippen LogP contribution in [0.4, 0.5) is 0 Å². The Morgan fingerprint density at radius 1 is 0.900 bits per heavy atom. The second-order valence-electron chi connectivity index (χ2n) is 4.16. The second kappa shape index (κ2) is 7.12. The van der Waals surface area contributed by atoms with Crippen molar-refractivity contribution in [1.29, 1.82) is 0 Å². The van der Waals surface area contributed by atoms with Gasteiger partial charge in [-0.2, -0.15) is 0 Å². The summed E-state index contributed by atoms with van der Waals surface area (Å²) in [5, 5.41) is 7.30. The van der Waals surface area contributed by atoms with Gasteiger partial charge in [-0.3, -0.25) is 0 Å². The Morgan fingerprint density at radius 3 is 1.70 bits per heavy atom. The van der Waals surface area contributed by atoms with Gasteiger partial charge in [-0.25, -0.2) is 9.97 Å². The van der Waals surface area contributed by atoms with Crippen molar-refractivity contribution >= 4 is 23.2 Å². The van der Waals surface area contributed by atoms with E-state index < -0.39 is 0 Å². The molecule has 2 heterocycles. The van der Waals surface area contributed by atoms with Gasteiger partial charge in [0.05, 0.1) is 5.82 Å². The summed E-state index contributed by atoms with van der Waals surface area (Å²) in [7, 11) is 0. The molecule has 0 saturated heterocycles. The van der Waals surface area contributed by atoms with E-state index in [2.05, 4.69) is 27.2 Å². The molecule has 6 heteroatoms. The third kappa shape index (κ3) is 4.72. The first-order valence-electron chi connectivity index (χ1n) is 6.01. The van der Waals surface area contributed by atoms with Crippen molar-refractivity contribution < 1.29 is 0 Å². The number of nitrogens with one attached hydrogen (secondary N) is 2. The van der Waals surface area contributed by atoms with E-state index in [1.807, 2.05) is 12.1 Å². The normalized spacial score (nSPS) is 10.1. The molecule has 2 N–H and O–H groups in total. The maximum atomic E-state index is 5.73. The molecular weight excluding hydrogens is 295 g/mol. The highest BCUT2D eigenvalue weighted by molar-refractivity contribution is 6.29. The fourth-order valence-corrected chi connectivity index (χ4v) is 1.73. The van der Waals surface area contributed by atoms with E-state index in [0.717, 1.165) is 16.9 Å². The quantitative estimate of drug-likeness (QED) is 0.805. The zero-order chi connectivity index (χ0) is 14.4. The molecular formula is C14H14Cl2N4. The van der Waals surface area contributed by atoms with Gasteiger partial charge in [0.25, 0.3) is 0 Å². The lowest BCUT2D eigenvalue weighted by Gasteiger charge is -2.12. The topological polar surface area (TPSA) is 49.8 Å². The highest BCUT2D eigenvalue weighted by Crippen LogP contribution is 2.06. The van der Waals surface area contributed by atoms with Gasteiger partial charge in [-0.1, -0.05) is 41.9 Å². The van der Waals surface area contributed by atoms with Gasteiger partial charge >= 0.3 is 0 Å². The number of aromatic nitrogens is 2. The van der Waals surface area contributed by atoms with Crippen LogP contribution in [0.15, 0.2) is 49.1 Å². The molecule has 0 spiro atoms. The first kappa shape index (κ1) is 14.6. The Kier molecular flexibility index (Phi) is 5.21. The highest BCUT2D eigenvalue weighted by atomic mass is 35.5. The van der Waals surface area contributed by atoms with Crippen LogP contribution < -0.4 is 10.6 Å². The number of rotatable bonds is 6. The molecule has 0 radical (unpaired) electrons. The Bertz CT molecular complexity index is 515. The molecule has 0 aliphatic heterocycles. The lowest BCUT2D eigenvalue weighted by molar-refractivity contribution is 0.683. The smallest absolute Gasteiger partial charge is 0.129 e. The molecule has 2 rings (SSSR count). The number of pyridine rings is 2. The minimum atomic E-state index is 0.487. The fraction of sp³-hybridized carbons (Fsp3) is 0.143. The Morgan fingerprint density at radius 2 is 1.35 bits per heavy atom. The van der Waals surface area contributed by atoms with E-state index in [4.69, 9.17) is 23.2 Å². The van der Waals surface area contributed by atoms with Crippen LogP contribution in [-0.2, 0) is 13.1 Å². The zero-order valence-electron chi connectivity index (χ0n) is 10.7. The van der Waals surface area contributed by atoms with Gasteiger partial charge in [0.15, 0.2) is 0 Å². The summed E-state index contributed by atoms with van der Waals surface area (Å²) in [5.74, 6) is 0.731. The minimum Gasteiger partial charge on any atom is -0.368 e. The molecule has 20 heavy (non-hydrogen) atoms. The predicted octanol–water partition coefficient (Wildman–Crippen LogP) is 3.13. The van der Waals surface area contributed by atoms with Crippen LogP contribution in [0.25, 0.3) is 0 Å². The molecule has 0 unspecified atom stereocenters. The molecule has 0 atom stereocenters. The summed E-state index contributed by atoms with van der Waals surface area (Å²) >= 11 is 11.5. The van der Waals surface area contributed by atoms with Crippen LogP contribution in [-0.4, -0.2) is 9.97 Å². The van der Waals surface area contributed by atoms with Gasteiger partial charge < -0.3 is 10.6 Å². The summed E-state index contributed by atoms with van der Waals surface area (Å²) in [5.41, 5.74) is 2.07. The van der Waals surface area contributed by atoms with Crippen LogP contribution in [0.3, 0.4) is 0 Å². The lowest BCUT2D eigenvalue weighted by Crippen LogP contribution is -2.24. The third-order valence-corrected chi connectivity index (χ3v) is 3.04. The van der Waals surface area contributed by atoms with Gasteiger partial charge in [-0.15, -0.1) is 0 Å². The van der Waals surface area contributed by atoms with Crippen molar-refractivity contribution in [2.24, 2.45) is 0 Å². The Balaban J connectivity index is 1.75. The van der Waals surface area contributed by atoms with E-state index in [-0.39, 0.29) is 0 Å². The lowest BCUT2D eigenvalue weighted by atomic mass is 10.3. The van der Waals surface area contributed by atoms with E-state index in [9.17, 15) is 0 Å². The van der Waals surface area contributed by atoms with E-state index >= 15 is 0 Å². The molecule has 0 aliphatic carbocycles. The number of hydrogen-bond acceptors (Lipinski definition) is 4. The maximum Gasteiger partial charge on any atom is 0.129 e. The van der Waals surface area contributed by atoms with Gasteiger partial charge in [0.1, 0.15) is 10.3 Å².